The molecule has 168 valence electrons. The van der Waals surface area contributed by atoms with Crippen LogP contribution in [0.5, 0.6) is 5.75 Å². The van der Waals surface area contributed by atoms with Gasteiger partial charge in [-0.05, 0) is 42.0 Å². The van der Waals surface area contributed by atoms with E-state index in [0.29, 0.717) is 24.1 Å². The van der Waals surface area contributed by atoms with E-state index in [0.717, 1.165) is 5.56 Å². The van der Waals surface area contributed by atoms with Crippen LogP contribution in [0.3, 0.4) is 0 Å². The first-order chi connectivity index (χ1) is 15.4. The van der Waals surface area contributed by atoms with Crippen LogP contribution in [-0.2, 0) is 16.6 Å². The molecule has 0 atom stereocenters. The molecule has 0 bridgehead atoms. The minimum Gasteiger partial charge on any atom is -0.495 e. The lowest BCUT2D eigenvalue weighted by molar-refractivity contribution is 0.0955. The van der Waals surface area contributed by atoms with Gasteiger partial charge in [0, 0.05) is 42.6 Å². The first kappa shape index (κ1) is 23.5. The normalized spacial score (nSPS) is 11.1. The molecule has 3 N–H and O–H groups in total. The van der Waals surface area contributed by atoms with Gasteiger partial charge < -0.3 is 15.4 Å². The van der Waals surface area contributed by atoms with Crippen molar-refractivity contribution >= 4 is 33.5 Å². The molecule has 0 saturated heterocycles. The van der Waals surface area contributed by atoms with Gasteiger partial charge in [0.25, 0.3) is 5.91 Å². The molecular formula is C21H22ClN5O4S. The van der Waals surface area contributed by atoms with E-state index < -0.39 is 15.9 Å². The second-order valence-electron chi connectivity index (χ2n) is 6.57. The molecule has 3 aromatic rings. The van der Waals surface area contributed by atoms with Crippen LogP contribution in [0.4, 0.5) is 5.95 Å². The molecule has 9 nitrogen and oxygen atoms in total. The minimum absolute atomic E-state index is 0.0618. The summed E-state index contributed by atoms with van der Waals surface area (Å²) in [6.45, 7) is 0.756. The monoisotopic (exact) mass is 475 g/mol. The Morgan fingerprint density at radius 3 is 2.47 bits per heavy atom. The maximum absolute atomic E-state index is 12.9. The molecule has 0 radical (unpaired) electrons. The van der Waals surface area contributed by atoms with Crippen LogP contribution >= 0.6 is 11.6 Å². The Morgan fingerprint density at radius 2 is 1.78 bits per heavy atom. The summed E-state index contributed by atoms with van der Waals surface area (Å²) in [5, 5.41) is 6.25. The van der Waals surface area contributed by atoms with E-state index >= 15 is 0 Å². The van der Waals surface area contributed by atoms with Crippen LogP contribution in [-0.4, -0.2) is 44.5 Å². The Morgan fingerprint density at radius 1 is 1.06 bits per heavy atom. The number of carbonyl (C=O) groups is 1. The van der Waals surface area contributed by atoms with Gasteiger partial charge in [-0.1, -0.05) is 23.7 Å². The van der Waals surface area contributed by atoms with Crippen LogP contribution in [0.25, 0.3) is 0 Å². The van der Waals surface area contributed by atoms with Crippen LogP contribution in [0, 0.1) is 0 Å². The Hall–Kier alpha value is -3.21. The van der Waals surface area contributed by atoms with Gasteiger partial charge in [0.05, 0.1) is 7.11 Å². The number of amides is 1. The smallest absolute Gasteiger partial charge is 0.251 e. The minimum atomic E-state index is -3.95. The SMILES string of the molecule is COc1ccc(C(=O)NCCNc2ncccn2)cc1S(=O)(=O)NCc1ccc(Cl)cc1. The fourth-order valence-corrected chi connectivity index (χ4v) is 4.07. The van der Waals surface area contributed by atoms with Crippen molar-refractivity contribution in [1.82, 2.24) is 20.0 Å². The van der Waals surface area contributed by atoms with E-state index in [4.69, 9.17) is 16.3 Å². The molecule has 0 saturated carbocycles. The molecule has 0 aliphatic rings. The molecule has 1 heterocycles. The lowest BCUT2D eigenvalue weighted by Crippen LogP contribution is -2.29. The zero-order valence-corrected chi connectivity index (χ0v) is 18.8. The summed E-state index contributed by atoms with van der Waals surface area (Å²) in [5.74, 6) is 0.164. The molecule has 3 rings (SSSR count). The summed E-state index contributed by atoms with van der Waals surface area (Å²) in [6, 6.07) is 12.7. The molecule has 1 aromatic heterocycles. The van der Waals surface area contributed by atoms with Crippen LogP contribution in [0.2, 0.25) is 5.02 Å². The zero-order valence-electron chi connectivity index (χ0n) is 17.2. The third kappa shape index (κ3) is 6.39. The zero-order chi connectivity index (χ0) is 23.0. The number of hydrogen-bond acceptors (Lipinski definition) is 7. The number of hydrogen-bond donors (Lipinski definition) is 3. The topological polar surface area (TPSA) is 122 Å². The molecule has 2 aromatic carbocycles. The molecule has 32 heavy (non-hydrogen) atoms. The Kier molecular flexibility index (Phi) is 7.98. The van der Waals surface area contributed by atoms with Crippen molar-refractivity contribution < 1.29 is 17.9 Å². The van der Waals surface area contributed by atoms with E-state index in [-0.39, 0.29) is 22.8 Å². The summed E-state index contributed by atoms with van der Waals surface area (Å²) < 4.78 is 33.4. The van der Waals surface area contributed by atoms with Gasteiger partial charge in [0.15, 0.2) is 0 Å². The Balaban J connectivity index is 1.65. The number of carbonyl (C=O) groups excluding carboxylic acids is 1. The second-order valence-corrected chi connectivity index (χ2v) is 8.74. The molecule has 0 spiro atoms. The van der Waals surface area contributed by atoms with E-state index in [1.165, 1.54) is 25.3 Å². The quantitative estimate of drug-likeness (QED) is 0.385. The largest absolute Gasteiger partial charge is 0.495 e. The van der Waals surface area contributed by atoms with Crippen molar-refractivity contribution in [1.29, 1.82) is 0 Å². The second kappa shape index (κ2) is 10.9. The highest BCUT2D eigenvalue weighted by Crippen LogP contribution is 2.25. The maximum Gasteiger partial charge on any atom is 0.251 e. The van der Waals surface area contributed by atoms with E-state index in [1.807, 2.05) is 0 Å². The Bertz CT molecular complexity index is 1160. The van der Waals surface area contributed by atoms with E-state index in [1.54, 1.807) is 42.7 Å². The van der Waals surface area contributed by atoms with Crippen molar-refractivity contribution in [2.45, 2.75) is 11.4 Å². The Labute approximate surface area is 191 Å². The molecular weight excluding hydrogens is 454 g/mol. The van der Waals surface area contributed by atoms with Gasteiger partial charge in [-0.15, -0.1) is 0 Å². The van der Waals surface area contributed by atoms with Gasteiger partial charge in [0.1, 0.15) is 10.6 Å². The highest BCUT2D eigenvalue weighted by molar-refractivity contribution is 7.89. The molecule has 1 amide bonds. The van der Waals surface area contributed by atoms with E-state index in [2.05, 4.69) is 25.3 Å². The number of anilines is 1. The third-order valence-corrected chi connectivity index (χ3v) is 6.03. The first-order valence-electron chi connectivity index (χ1n) is 9.60. The number of methoxy groups -OCH3 is 1. The van der Waals surface area contributed by atoms with Crippen LogP contribution < -0.4 is 20.1 Å². The number of nitrogens with one attached hydrogen (secondary N) is 3. The number of aromatic nitrogens is 2. The third-order valence-electron chi connectivity index (χ3n) is 4.35. The molecule has 0 aliphatic carbocycles. The predicted octanol–water partition coefficient (Wildman–Crippen LogP) is 2.46. The van der Waals surface area contributed by atoms with Crippen molar-refractivity contribution in [3.05, 3.63) is 77.1 Å². The van der Waals surface area contributed by atoms with Gasteiger partial charge in [-0.2, -0.15) is 0 Å². The van der Waals surface area contributed by atoms with Crippen molar-refractivity contribution in [3.63, 3.8) is 0 Å². The summed E-state index contributed by atoms with van der Waals surface area (Å²) in [5.41, 5.74) is 0.925. The van der Waals surface area contributed by atoms with Crippen LogP contribution in [0.15, 0.2) is 65.8 Å². The average Bonchev–Trinajstić information content (AvgIpc) is 2.81. The summed E-state index contributed by atoms with van der Waals surface area (Å²) in [6.07, 6.45) is 3.21. The molecule has 0 fully saturated rings. The fraction of sp³-hybridized carbons (Fsp3) is 0.190. The summed E-state index contributed by atoms with van der Waals surface area (Å²) in [4.78, 5) is 20.4. The van der Waals surface area contributed by atoms with Crippen LogP contribution in [0.1, 0.15) is 15.9 Å². The number of rotatable bonds is 10. The van der Waals surface area contributed by atoms with Gasteiger partial charge >= 0.3 is 0 Å². The molecule has 11 heteroatoms. The van der Waals surface area contributed by atoms with Gasteiger partial charge in [-0.25, -0.2) is 23.1 Å². The standard InChI is InChI=1S/C21H22ClN5O4S/c1-31-18-8-5-16(20(28)23-11-12-26-21-24-9-2-10-25-21)13-19(18)32(29,30)27-14-15-3-6-17(22)7-4-15/h2-10,13,27H,11-12,14H2,1H3,(H,23,28)(H,24,25,26). The highest BCUT2D eigenvalue weighted by atomic mass is 35.5. The van der Waals surface area contributed by atoms with Gasteiger partial charge in [0.2, 0.25) is 16.0 Å². The number of halogens is 1. The van der Waals surface area contributed by atoms with Crippen molar-refractivity contribution in [2.24, 2.45) is 0 Å². The fourth-order valence-electron chi connectivity index (χ4n) is 2.73. The predicted molar refractivity (Wildman–Crippen MR) is 121 cm³/mol. The lowest BCUT2D eigenvalue weighted by atomic mass is 10.2. The highest BCUT2D eigenvalue weighted by Gasteiger charge is 2.21. The van der Waals surface area contributed by atoms with Crippen molar-refractivity contribution in [2.75, 3.05) is 25.5 Å². The number of nitrogens with zero attached hydrogens (tertiary/aromatic N) is 2. The van der Waals surface area contributed by atoms with E-state index in [9.17, 15) is 13.2 Å². The molecule has 0 unspecified atom stereocenters. The molecule has 0 aliphatic heterocycles. The maximum atomic E-state index is 12.9. The number of benzene rings is 2. The van der Waals surface area contributed by atoms with Crippen molar-refractivity contribution in [3.8, 4) is 5.75 Å². The first-order valence-corrected chi connectivity index (χ1v) is 11.5. The summed E-state index contributed by atoms with van der Waals surface area (Å²) >= 11 is 5.86. The number of ether oxygens (including phenoxy) is 1. The average molecular weight is 476 g/mol. The number of sulfonamides is 1. The lowest BCUT2D eigenvalue weighted by Gasteiger charge is -2.13. The summed E-state index contributed by atoms with van der Waals surface area (Å²) in [7, 11) is -2.58. The van der Waals surface area contributed by atoms with Gasteiger partial charge in [-0.3, -0.25) is 4.79 Å².